The fourth-order valence-electron chi connectivity index (χ4n) is 1.75. The monoisotopic (exact) mass is 291 g/mol. The van der Waals surface area contributed by atoms with Crippen LogP contribution in [0.2, 0.25) is 5.02 Å². The third-order valence-electron chi connectivity index (χ3n) is 2.83. The van der Waals surface area contributed by atoms with Crippen LogP contribution in [0.3, 0.4) is 0 Å². The van der Waals surface area contributed by atoms with Crippen LogP contribution >= 0.6 is 11.6 Å². The lowest BCUT2D eigenvalue weighted by molar-refractivity contribution is 0.887. The summed E-state index contributed by atoms with van der Waals surface area (Å²) in [4.78, 5) is 8.33. The van der Waals surface area contributed by atoms with Crippen molar-refractivity contribution in [3.05, 3.63) is 35.1 Å². The van der Waals surface area contributed by atoms with Gasteiger partial charge in [0.1, 0.15) is 12.0 Å². The van der Waals surface area contributed by atoms with Gasteiger partial charge in [0.25, 0.3) is 0 Å². The summed E-state index contributed by atoms with van der Waals surface area (Å²) in [5, 5.41) is 7.07. The molecule has 2 rings (SSSR count). The molecular formula is C14H18ClN5. The molecule has 0 saturated carbocycles. The second kappa shape index (κ2) is 5.96. The topological polar surface area (TPSA) is 75.9 Å². The van der Waals surface area contributed by atoms with Crippen molar-refractivity contribution < 1.29 is 0 Å². The van der Waals surface area contributed by atoms with Crippen molar-refractivity contribution >= 4 is 34.6 Å². The van der Waals surface area contributed by atoms with E-state index in [0.29, 0.717) is 22.3 Å². The van der Waals surface area contributed by atoms with Gasteiger partial charge < -0.3 is 16.4 Å². The van der Waals surface area contributed by atoms with Crippen LogP contribution in [0.15, 0.2) is 24.5 Å². The van der Waals surface area contributed by atoms with E-state index in [1.54, 1.807) is 0 Å². The summed E-state index contributed by atoms with van der Waals surface area (Å²) in [6, 6.07) is 5.89. The van der Waals surface area contributed by atoms with E-state index in [2.05, 4.69) is 20.6 Å². The van der Waals surface area contributed by atoms with Crippen molar-refractivity contribution in [3.8, 4) is 0 Å². The first-order valence-electron chi connectivity index (χ1n) is 6.38. The van der Waals surface area contributed by atoms with Gasteiger partial charge in [-0.05, 0) is 38.5 Å². The standard InChI is InChI=1S/C14H18ClN5/c1-8(2)19-13-12(16)14(18-7-17-13)20-11-6-4-5-10(15)9(11)3/h4-8H,16H2,1-3H3,(H2,17,18,19,20). The summed E-state index contributed by atoms with van der Waals surface area (Å²) in [5.41, 5.74) is 8.39. The Morgan fingerprint density at radius 1 is 1.20 bits per heavy atom. The van der Waals surface area contributed by atoms with Gasteiger partial charge in [-0.25, -0.2) is 9.97 Å². The molecule has 2 aromatic rings. The highest BCUT2D eigenvalue weighted by molar-refractivity contribution is 6.31. The quantitative estimate of drug-likeness (QED) is 0.802. The zero-order valence-corrected chi connectivity index (χ0v) is 12.5. The molecule has 0 radical (unpaired) electrons. The first kappa shape index (κ1) is 14.4. The molecule has 0 saturated heterocycles. The third-order valence-corrected chi connectivity index (χ3v) is 3.24. The van der Waals surface area contributed by atoms with Gasteiger partial charge >= 0.3 is 0 Å². The molecule has 0 spiro atoms. The first-order chi connectivity index (χ1) is 9.49. The molecule has 0 fully saturated rings. The van der Waals surface area contributed by atoms with E-state index in [1.165, 1.54) is 6.33 Å². The van der Waals surface area contributed by atoms with E-state index in [4.69, 9.17) is 17.3 Å². The Balaban J connectivity index is 2.32. The minimum absolute atomic E-state index is 0.243. The third kappa shape index (κ3) is 3.11. The van der Waals surface area contributed by atoms with Crippen molar-refractivity contribution in [2.24, 2.45) is 0 Å². The molecule has 4 N–H and O–H groups in total. The van der Waals surface area contributed by atoms with Crippen LogP contribution in [-0.4, -0.2) is 16.0 Å². The number of nitrogens with one attached hydrogen (secondary N) is 2. The maximum absolute atomic E-state index is 6.10. The second-order valence-corrected chi connectivity index (χ2v) is 5.23. The maximum atomic E-state index is 6.10. The number of benzene rings is 1. The van der Waals surface area contributed by atoms with Crippen molar-refractivity contribution in [2.75, 3.05) is 16.4 Å². The van der Waals surface area contributed by atoms with E-state index in [0.717, 1.165) is 11.3 Å². The summed E-state index contributed by atoms with van der Waals surface area (Å²) in [6.07, 6.45) is 1.48. The summed E-state index contributed by atoms with van der Waals surface area (Å²) >= 11 is 6.10. The number of anilines is 4. The predicted molar refractivity (Wildman–Crippen MR) is 84.7 cm³/mol. The number of nitrogens with two attached hydrogens (primary N) is 1. The summed E-state index contributed by atoms with van der Waals surface area (Å²) < 4.78 is 0. The van der Waals surface area contributed by atoms with Crippen molar-refractivity contribution in [1.82, 2.24) is 9.97 Å². The minimum Gasteiger partial charge on any atom is -0.393 e. The van der Waals surface area contributed by atoms with Gasteiger partial charge in [-0.2, -0.15) is 0 Å². The second-order valence-electron chi connectivity index (χ2n) is 4.82. The van der Waals surface area contributed by atoms with E-state index in [9.17, 15) is 0 Å². The van der Waals surface area contributed by atoms with E-state index < -0.39 is 0 Å². The molecule has 0 bridgehead atoms. The van der Waals surface area contributed by atoms with Gasteiger partial charge in [0.15, 0.2) is 11.6 Å². The molecule has 0 aliphatic heterocycles. The zero-order chi connectivity index (χ0) is 14.7. The molecule has 6 heteroatoms. The normalized spacial score (nSPS) is 10.7. The smallest absolute Gasteiger partial charge is 0.159 e. The van der Waals surface area contributed by atoms with Gasteiger partial charge in [0, 0.05) is 16.8 Å². The maximum Gasteiger partial charge on any atom is 0.159 e. The molecule has 20 heavy (non-hydrogen) atoms. The van der Waals surface area contributed by atoms with Crippen LogP contribution in [0.25, 0.3) is 0 Å². The lowest BCUT2D eigenvalue weighted by atomic mass is 10.2. The molecule has 0 aliphatic rings. The van der Waals surface area contributed by atoms with Crippen LogP contribution in [0.4, 0.5) is 23.0 Å². The van der Waals surface area contributed by atoms with Crippen molar-refractivity contribution in [2.45, 2.75) is 26.8 Å². The van der Waals surface area contributed by atoms with Crippen LogP contribution in [0, 0.1) is 6.92 Å². The van der Waals surface area contributed by atoms with E-state index in [1.807, 2.05) is 39.0 Å². The largest absolute Gasteiger partial charge is 0.393 e. The Hall–Kier alpha value is -2.01. The molecule has 1 heterocycles. The van der Waals surface area contributed by atoms with E-state index in [-0.39, 0.29) is 6.04 Å². The highest BCUT2D eigenvalue weighted by atomic mass is 35.5. The Bertz CT molecular complexity index is 613. The average molecular weight is 292 g/mol. The Morgan fingerprint density at radius 2 is 1.90 bits per heavy atom. The van der Waals surface area contributed by atoms with Gasteiger partial charge in [-0.1, -0.05) is 17.7 Å². The fraction of sp³-hybridized carbons (Fsp3) is 0.286. The first-order valence-corrected chi connectivity index (χ1v) is 6.76. The lowest BCUT2D eigenvalue weighted by Gasteiger charge is -2.15. The van der Waals surface area contributed by atoms with Crippen LogP contribution < -0.4 is 16.4 Å². The molecular weight excluding hydrogens is 274 g/mol. The summed E-state index contributed by atoms with van der Waals surface area (Å²) in [5.74, 6) is 1.19. The van der Waals surface area contributed by atoms with Crippen LogP contribution in [0.5, 0.6) is 0 Å². The van der Waals surface area contributed by atoms with Gasteiger partial charge in [-0.15, -0.1) is 0 Å². The lowest BCUT2D eigenvalue weighted by Crippen LogP contribution is -2.14. The highest BCUT2D eigenvalue weighted by Gasteiger charge is 2.10. The van der Waals surface area contributed by atoms with Crippen molar-refractivity contribution in [1.29, 1.82) is 0 Å². The Labute approximate surface area is 123 Å². The van der Waals surface area contributed by atoms with Gasteiger partial charge in [0.05, 0.1) is 0 Å². The van der Waals surface area contributed by atoms with Crippen LogP contribution in [-0.2, 0) is 0 Å². The highest BCUT2D eigenvalue weighted by Crippen LogP contribution is 2.29. The van der Waals surface area contributed by atoms with Gasteiger partial charge in [-0.3, -0.25) is 0 Å². The molecule has 0 atom stereocenters. The molecule has 0 amide bonds. The van der Waals surface area contributed by atoms with E-state index >= 15 is 0 Å². The van der Waals surface area contributed by atoms with Crippen LogP contribution in [0.1, 0.15) is 19.4 Å². The predicted octanol–water partition coefficient (Wildman–Crippen LogP) is 3.58. The number of hydrogen-bond acceptors (Lipinski definition) is 5. The fourth-order valence-corrected chi connectivity index (χ4v) is 1.93. The average Bonchev–Trinajstić information content (AvgIpc) is 2.39. The molecule has 0 aliphatic carbocycles. The molecule has 5 nitrogen and oxygen atoms in total. The molecule has 1 aromatic carbocycles. The summed E-state index contributed by atoms with van der Waals surface area (Å²) in [6.45, 7) is 5.99. The number of hydrogen-bond donors (Lipinski definition) is 3. The summed E-state index contributed by atoms with van der Waals surface area (Å²) in [7, 11) is 0. The SMILES string of the molecule is Cc1c(Cl)cccc1Nc1ncnc(NC(C)C)c1N. The number of nitrogens with zero attached hydrogens (tertiary/aromatic N) is 2. The Morgan fingerprint density at radius 3 is 2.60 bits per heavy atom. The van der Waals surface area contributed by atoms with Gasteiger partial charge in [0.2, 0.25) is 0 Å². The number of nitrogen functional groups attached to an aromatic ring is 1. The Kier molecular flexibility index (Phi) is 4.29. The molecule has 1 aromatic heterocycles. The minimum atomic E-state index is 0.243. The number of halogens is 1. The zero-order valence-electron chi connectivity index (χ0n) is 11.7. The molecule has 0 unspecified atom stereocenters. The van der Waals surface area contributed by atoms with Crippen molar-refractivity contribution in [3.63, 3.8) is 0 Å². The molecule has 106 valence electrons. The number of aromatic nitrogens is 2. The number of rotatable bonds is 4.